The molecule has 7 nitrogen and oxygen atoms in total. The van der Waals surface area contributed by atoms with Crippen LogP contribution in [0.2, 0.25) is 5.02 Å². The third kappa shape index (κ3) is 4.96. The lowest BCUT2D eigenvalue weighted by Gasteiger charge is -2.34. The van der Waals surface area contributed by atoms with Gasteiger partial charge in [0.15, 0.2) is 0 Å². The van der Waals surface area contributed by atoms with E-state index in [-0.39, 0.29) is 16.6 Å². The van der Waals surface area contributed by atoms with Gasteiger partial charge in [-0.05, 0) is 29.8 Å². The first-order valence-electron chi connectivity index (χ1n) is 8.62. The minimum Gasteiger partial charge on any atom is -0.465 e. The van der Waals surface area contributed by atoms with Crippen LogP contribution in [-0.4, -0.2) is 60.1 Å². The second-order valence-corrected chi connectivity index (χ2v) is 6.65. The summed E-state index contributed by atoms with van der Waals surface area (Å²) >= 11 is 6.00. The summed E-state index contributed by atoms with van der Waals surface area (Å²) in [6.07, 6.45) is 3.62. The standard InChI is InChI=1S/C19H21ClN4O3/c1-27-18(25)16-11-15(4-5-17(16)20)22-19(26)24-9-7-23(8-10-24)13-14-3-2-6-21-12-14/h2-6,11-12H,7-10,13H2,1H3,(H,22,26). The van der Waals surface area contributed by atoms with E-state index in [4.69, 9.17) is 16.3 Å². The molecule has 1 aliphatic heterocycles. The lowest BCUT2D eigenvalue weighted by atomic mass is 10.2. The molecule has 1 aliphatic rings. The summed E-state index contributed by atoms with van der Waals surface area (Å²) < 4.78 is 4.70. The van der Waals surface area contributed by atoms with Crippen molar-refractivity contribution in [1.29, 1.82) is 0 Å². The Bertz CT molecular complexity index is 808. The average molecular weight is 389 g/mol. The number of pyridine rings is 1. The van der Waals surface area contributed by atoms with Gasteiger partial charge in [0.1, 0.15) is 0 Å². The van der Waals surface area contributed by atoms with Crippen LogP contribution in [0.1, 0.15) is 15.9 Å². The number of amides is 2. The molecule has 2 aromatic rings. The Labute approximate surface area is 162 Å². The number of nitrogens with one attached hydrogen (secondary N) is 1. The molecular formula is C19H21ClN4O3. The van der Waals surface area contributed by atoms with Crippen molar-refractivity contribution in [2.45, 2.75) is 6.54 Å². The molecule has 0 spiro atoms. The third-order valence-electron chi connectivity index (χ3n) is 4.41. The number of carbonyl (C=O) groups is 2. The van der Waals surface area contributed by atoms with Gasteiger partial charge in [-0.25, -0.2) is 9.59 Å². The number of methoxy groups -OCH3 is 1. The Balaban J connectivity index is 1.55. The number of ether oxygens (including phenoxy) is 1. The molecule has 1 N–H and O–H groups in total. The molecule has 142 valence electrons. The van der Waals surface area contributed by atoms with E-state index in [0.29, 0.717) is 18.8 Å². The predicted molar refractivity (Wildman–Crippen MR) is 103 cm³/mol. The molecule has 0 atom stereocenters. The monoisotopic (exact) mass is 388 g/mol. The largest absolute Gasteiger partial charge is 0.465 e. The predicted octanol–water partition coefficient (Wildman–Crippen LogP) is 2.87. The van der Waals surface area contributed by atoms with Crippen molar-refractivity contribution in [2.24, 2.45) is 0 Å². The molecule has 0 radical (unpaired) electrons. The van der Waals surface area contributed by atoms with E-state index in [1.807, 2.05) is 18.3 Å². The van der Waals surface area contributed by atoms with Crippen molar-refractivity contribution in [3.8, 4) is 0 Å². The number of carbonyl (C=O) groups excluding carboxylic acids is 2. The van der Waals surface area contributed by atoms with Crippen LogP contribution in [0.3, 0.4) is 0 Å². The number of anilines is 1. The number of esters is 1. The van der Waals surface area contributed by atoms with E-state index in [9.17, 15) is 9.59 Å². The Hall–Kier alpha value is -2.64. The number of aromatic nitrogens is 1. The molecule has 2 heterocycles. The average Bonchev–Trinajstić information content (AvgIpc) is 2.70. The smallest absolute Gasteiger partial charge is 0.339 e. The van der Waals surface area contributed by atoms with Crippen LogP contribution in [0.4, 0.5) is 10.5 Å². The second kappa shape index (κ2) is 8.83. The lowest BCUT2D eigenvalue weighted by Crippen LogP contribution is -2.49. The molecule has 27 heavy (non-hydrogen) atoms. The summed E-state index contributed by atoms with van der Waals surface area (Å²) in [5.74, 6) is -0.542. The van der Waals surface area contributed by atoms with Crippen LogP contribution in [-0.2, 0) is 11.3 Å². The van der Waals surface area contributed by atoms with Gasteiger partial charge in [0.2, 0.25) is 0 Å². The minimum atomic E-state index is -0.542. The Kier molecular flexibility index (Phi) is 6.26. The van der Waals surface area contributed by atoms with Gasteiger partial charge >= 0.3 is 12.0 Å². The van der Waals surface area contributed by atoms with Crippen LogP contribution in [0.25, 0.3) is 0 Å². The quantitative estimate of drug-likeness (QED) is 0.815. The molecule has 0 bridgehead atoms. The molecule has 1 aromatic carbocycles. The lowest BCUT2D eigenvalue weighted by molar-refractivity contribution is 0.0601. The highest BCUT2D eigenvalue weighted by Crippen LogP contribution is 2.22. The molecule has 1 saturated heterocycles. The molecule has 8 heteroatoms. The molecule has 0 aliphatic carbocycles. The van der Waals surface area contributed by atoms with Crippen molar-refractivity contribution < 1.29 is 14.3 Å². The van der Waals surface area contributed by atoms with Gasteiger partial charge in [-0.15, -0.1) is 0 Å². The minimum absolute atomic E-state index is 0.200. The van der Waals surface area contributed by atoms with Gasteiger partial charge in [0.25, 0.3) is 0 Å². The number of rotatable bonds is 4. The normalized spacial score (nSPS) is 14.7. The number of benzene rings is 1. The summed E-state index contributed by atoms with van der Waals surface area (Å²) in [5, 5.41) is 3.10. The van der Waals surface area contributed by atoms with E-state index in [0.717, 1.165) is 25.2 Å². The molecular weight excluding hydrogens is 368 g/mol. The van der Waals surface area contributed by atoms with Crippen LogP contribution in [0, 0.1) is 0 Å². The van der Waals surface area contributed by atoms with Crippen LogP contribution < -0.4 is 5.32 Å². The fourth-order valence-electron chi connectivity index (χ4n) is 2.93. The first-order chi connectivity index (χ1) is 13.1. The van der Waals surface area contributed by atoms with E-state index in [1.165, 1.54) is 13.2 Å². The fourth-order valence-corrected chi connectivity index (χ4v) is 3.13. The SMILES string of the molecule is COC(=O)c1cc(NC(=O)N2CCN(Cc3cccnc3)CC2)ccc1Cl. The molecule has 1 fully saturated rings. The molecule has 3 rings (SSSR count). The van der Waals surface area contributed by atoms with Gasteiger partial charge in [0.05, 0.1) is 17.7 Å². The highest BCUT2D eigenvalue weighted by atomic mass is 35.5. The Morgan fingerprint density at radius 2 is 2.00 bits per heavy atom. The van der Waals surface area contributed by atoms with Crippen molar-refractivity contribution in [2.75, 3.05) is 38.6 Å². The molecule has 2 amide bonds. The first kappa shape index (κ1) is 19.1. The second-order valence-electron chi connectivity index (χ2n) is 6.24. The summed E-state index contributed by atoms with van der Waals surface area (Å²) in [7, 11) is 1.29. The van der Waals surface area contributed by atoms with Crippen molar-refractivity contribution in [3.05, 3.63) is 58.9 Å². The maximum atomic E-state index is 12.5. The summed E-state index contributed by atoms with van der Waals surface area (Å²) in [6.45, 7) is 3.66. The molecule has 0 unspecified atom stereocenters. The van der Waals surface area contributed by atoms with Crippen LogP contribution >= 0.6 is 11.6 Å². The number of hydrogen-bond acceptors (Lipinski definition) is 5. The van der Waals surface area contributed by atoms with Crippen LogP contribution in [0.5, 0.6) is 0 Å². The number of piperazine rings is 1. The van der Waals surface area contributed by atoms with Gasteiger partial charge in [-0.3, -0.25) is 9.88 Å². The van der Waals surface area contributed by atoms with Crippen molar-refractivity contribution >= 4 is 29.3 Å². The van der Waals surface area contributed by atoms with Crippen molar-refractivity contribution in [3.63, 3.8) is 0 Å². The topological polar surface area (TPSA) is 74.8 Å². The maximum Gasteiger partial charge on any atom is 0.339 e. The van der Waals surface area contributed by atoms with E-state index in [2.05, 4.69) is 15.2 Å². The molecule has 0 saturated carbocycles. The number of halogens is 1. The van der Waals surface area contributed by atoms with Crippen LogP contribution in [0.15, 0.2) is 42.7 Å². The van der Waals surface area contributed by atoms with E-state index < -0.39 is 5.97 Å². The molecule has 1 aromatic heterocycles. The third-order valence-corrected chi connectivity index (χ3v) is 4.74. The Morgan fingerprint density at radius 3 is 2.67 bits per heavy atom. The van der Waals surface area contributed by atoms with E-state index in [1.54, 1.807) is 23.2 Å². The van der Waals surface area contributed by atoms with Gasteiger partial charge in [0, 0.05) is 50.8 Å². The van der Waals surface area contributed by atoms with Crippen molar-refractivity contribution in [1.82, 2.24) is 14.8 Å². The number of hydrogen-bond donors (Lipinski definition) is 1. The zero-order valence-electron chi connectivity index (χ0n) is 15.0. The zero-order valence-corrected chi connectivity index (χ0v) is 15.8. The summed E-state index contributed by atoms with van der Waals surface area (Å²) in [6, 6.07) is 8.51. The maximum absolute atomic E-state index is 12.5. The highest BCUT2D eigenvalue weighted by Gasteiger charge is 2.22. The van der Waals surface area contributed by atoms with E-state index >= 15 is 0 Å². The Morgan fingerprint density at radius 1 is 1.22 bits per heavy atom. The number of nitrogens with zero attached hydrogens (tertiary/aromatic N) is 3. The summed E-state index contributed by atoms with van der Waals surface area (Å²) in [4.78, 5) is 32.4. The van der Waals surface area contributed by atoms with Gasteiger partial charge < -0.3 is 15.0 Å². The summed E-state index contributed by atoms with van der Waals surface area (Å²) in [5.41, 5.74) is 1.88. The van der Waals surface area contributed by atoms with Gasteiger partial charge in [-0.2, -0.15) is 0 Å². The number of urea groups is 1. The first-order valence-corrected chi connectivity index (χ1v) is 8.99. The fraction of sp³-hybridized carbons (Fsp3) is 0.316. The van der Waals surface area contributed by atoms with Gasteiger partial charge in [-0.1, -0.05) is 17.7 Å². The zero-order chi connectivity index (χ0) is 19.2. The highest BCUT2D eigenvalue weighted by molar-refractivity contribution is 6.33.